The van der Waals surface area contributed by atoms with Crippen LogP contribution >= 0.6 is 0 Å². The maximum absolute atomic E-state index is 12.9. The standard InChI is InChI=1S/C27H27N3O4/c1-17-23(26(31)32)14-18(15-25(17)28)29-10-12-30(13-11-29)27(33)34-16-24-21-8-4-2-6-19(21)20-7-3-5-9-22(20)24/h2-9,14-15,24H,10-13,16,28H2,1H3,(H,31,32). The number of carbonyl (C=O) groups excluding carboxylic acids is 1. The van der Waals surface area contributed by atoms with Crippen molar-refractivity contribution >= 4 is 23.4 Å². The number of carboxylic acid groups (broad SMARTS) is 1. The van der Waals surface area contributed by atoms with Crippen LogP contribution in [-0.4, -0.2) is 54.9 Å². The first kappa shape index (κ1) is 21.8. The number of nitrogens with two attached hydrogens (primary N) is 1. The molecule has 3 aromatic carbocycles. The Hall–Kier alpha value is -4.00. The lowest BCUT2D eigenvalue weighted by Crippen LogP contribution is -2.49. The van der Waals surface area contributed by atoms with Gasteiger partial charge >= 0.3 is 12.1 Å². The van der Waals surface area contributed by atoms with Gasteiger partial charge in [0.2, 0.25) is 0 Å². The molecule has 0 bridgehead atoms. The van der Waals surface area contributed by atoms with Crippen LogP contribution in [0, 0.1) is 6.92 Å². The van der Waals surface area contributed by atoms with Crippen LogP contribution in [0.5, 0.6) is 0 Å². The molecule has 0 radical (unpaired) electrons. The quantitative estimate of drug-likeness (QED) is 0.566. The number of aromatic carboxylic acids is 1. The third-order valence-corrected chi connectivity index (χ3v) is 6.90. The number of hydrogen-bond acceptors (Lipinski definition) is 5. The van der Waals surface area contributed by atoms with Crippen LogP contribution in [0.1, 0.15) is 33.0 Å². The highest BCUT2D eigenvalue weighted by molar-refractivity contribution is 5.92. The Bertz CT molecular complexity index is 1220. The van der Waals surface area contributed by atoms with Crippen molar-refractivity contribution in [2.24, 2.45) is 0 Å². The summed E-state index contributed by atoms with van der Waals surface area (Å²) in [6, 6.07) is 20.0. The second-order valence-corrected chi connectivity index (χ2v) is 8.79. The second-order valence-electron chi connectivity index (χ2n) is 8.79. The molecule has 1 amide bonds. The molecule has 0 spiro atoms. The molecule has 2 aliphatic rings. The van der Waals surface area contributed by atoms with E-state index >= 15 is 0 Å². The van der Waals surface area contributed by atoms with E-state index in [0.717, 1.165) is 5.69 Å². The van der Waals surface area contributed by atoms with Gasteiger partial charge in [0.05, 0.1) is 5.56 Å². The second kappa shape index (κ2) is 8.74. The fraction of sp³-hybridized carbons (Fsp3) is 0.259. The van der Waals surface area contributed by atoms with Gasteiger partial charge in [-0.3, -0.25) is 0 Å². The molecule has 0 atom stereocenters. The average Bonchev–Trinajstić information content (AvgIpc) is 3.18. The van der Waals surface area contributed by atoms with Gasteiger partial charge in [-0.2, -0.15) is 0 Å². The SMILES string of the molecule is Cc1c(N)cc(N2CCN(C(=O)OCC3c4ccccc4-c4ccccc43)CC2)cc1C(=O)O. The maximum Gasteiger partial charge on any atom is 0.409 e. The molecule has 7 nitrogen and oxygen atoms in total. The molecular weight excluding hydrogens is 430 g/mol. The Morgan fingerprint density at radius 1 is 0.971 bits per heavy atom. The molecular formula is C27H27N3O4. The van der Waals surface area contributed by atoms with Gasteiger partial charge < -0.3 is 25.4 Å². The van der Waals surface area contributed by atoms with E-state index in [-0.39, 0.29) is 17.6 Å². The first-order chi connectivity index (χ1) is 16.4. The molecule has 5 rings (SSSR count). The number of hydrogen-bond donors (Lipinski definition) is 2. The van der Waals surface area contributed by atoms with Gasteiger partial charge in [0, 0.05) is 43.5 Å². The van der Waals surface area contributed by atoms with Crippen molar-refractivity contribution in [1.82, 2.24) is 4.90 Å². The van der Waals surface area contributed by atoms with E-state index in [1.807, 2.05) is 24.3 Å². The number of amides is 1. The maximum atomic E-state index is 12.9. The molecule has 1 fully saturated rings. The smallest absolute Gasteiger partial charge is 0.409 e. The number of ether oxygens (including phenoxy) is 1. The fourth-order valence-electron chi connectivity index (χ4n) is 4.96. The summed E-state index contributed by atoms with van der Waals surface area (Å²) >= 11 is 0. The van der Waals surface area contributed by atoms with Crippen molar-refractivity contribution in [2.75, 3.05) is 43.4 Å². The number of nitrogens with zero attached hydrogens (tertiary/aromatic N) is 2. The molecule has 1 heterocycles. The summed E-state index contributed by atoms with van der Waals surface area (Å²) in [6.07, 6.45) is -0.323. The number of anilines is 2. The van der Waals surface area contributed by atoms with Crippen molar-refractivity contribution in [3.05, 3.63) is 82.9 Å². The Balaban J connectivity index is 1.23. The minimum Gasteiger partial charge on any atom is -0.478 e. The summed E-state index contributed by atoms with van der Waals surface area (Å²) < 4.78 is 5.78. The molecule has 1 saturated heterocycles. The number of fused-ring (bicyclic) bond motifs is 3. The topological polar surface area (TPSA) is 96.1 Å². The van der Waals surface area contributed by atoms with E-state index < -0.39 is 5.97 Å². The van der Waals surface area contributed by atoms with Gasteiger partial charge in [-0.15, -0.1) is 0 Å². The van der Waals surface area contributed by atoms with Crippen molar-refractivity contribution in [3.63, 3.8) is 0 Å². The lowest BCUT2D eigenvalue weighted by Gasteiger charge is -2.36. The van der Waals surface area contributed by atoms with E-state index in [0.29, 0.717) is 44.0 Å². The summed E-state index contributed by atoms with van der Waals surface area (Å²) in [5.74, 6) is -0.967. The van der Waals surface area contributed by atoms with Gasteiger partial charge in [0.15, 0.2) is 0 Å². The van der Waals surface area contributed by atoms with Crippen LogP contribution in [0.15, 0.2) is 60.7 Å². The summed E-state index contributed by atoms with van der Waals surface area (Å²) in [5.41, 5.74) is 12.8. The van der Waals surface area contributed by atoms with Crippen LogP contribution in [0.2, 0.25) is 0 Å². The van der Waals surface area contributed by atoms with E-state index in [2.05, 4.69) is 29.2 Å². The van der Waals surface area contributed by atoms with Crippen molar-refractivity contribution in [1.29, 1.82) is 0 Å². The van der Waals surface area contributed by atoms with Crippen molar-refractivity contribution in [3.8, 4) is 11.1 Å². The van der Waals surface area contributed by atoms with Crippen LogP contribution in [0.3, 0.4) is 0 Å². The Labute approximate surface area is 198 Å². The van der Waals surface area contributed by atoms with Crippen LogP contribution in [-0.2, 0) is 4.74 Å². The lowest BCUT2D eigenvalue weighted by atomic mass is 9.98. The van der Waals surface area contributed by atoms with Crippen molar-refractivity contribution in [2.45, 2.75) is 12.8 Å². The van der Waals surface area contributed by atoms with E-state index in [1.165, 1.54) is 22.3 Å². The predicted molar refractivity (Wildman–Crippen MR) is 131 cm³/mol. The van der Waals surface area contributed by atoms with Gasteiger partial charge in [-0.1, -0.05) is 48.5 Å². The van der Waals surface area contributed by atoms with Crippen LogP contribution < -0.4 is 10.6 Å². The summed E-state index contributed by atoms with van der Waals surface area (Å²) in [6.45, 7) is 4.14. The number of carbonyl (C=O) groups is 2. The van der Waals surface area contributed by atoms with Gasteiger partial charge in [-0.05, 0) is 46.9 Å². The fourth-order valence-corrected chi connectivity index (χ4v) is 4.96. The zero-order chi connectivity index (χ0) is 23.8. The number of piperazine rings is 1. The number of carboxylic acids is 1. The van der Waals surface area contributed by atoms with Gasteiger partial charge in [0.25, 0.3) is 0 Å². The summed E-state index contributed by atoms with van der Waals surface area (Å²) in [4.78, 5) is 28.2. The van der Waals surface area contributed by atoms with E-state index in [9.17, 15) is 14.7 Å². The van der Waals surface area contributed by atoms with Gasteiger partial charge in [-0.25, -0.2) is 9.59 Å². The highest BCUT2D eigenvalue weighted by Gasteiger charge is 2.30. The van der Waals surface area contributed by atoms with E-state index in [4.69, 9.17) is 10.5 Å². The number of nitrogen functional groups attached to an aromatic ring is 1. The minimum absolute atomic E-state index is 0.0302. The average molecular weight is 458 g/mol. The third kappa shape index (κ3) is 3.83. The molecule has 1 aliphatic carbocycles. The van der Waals surface area contributed by atoms with Crippen LogP contribution in [0.25, 0.3) is 11.1 Å². The molecule has 34 heavy (non-hydrogen) atoms. The van der Waals surface area contributed by atoms with Crippen LogP contribution in [0.4, 0.5) is 16.2 Å². The highest BCUT2D eigenvalue weighted by Crippen LogP contribution is 2.44. The molecule has 3 aromatic rings. The van der Waals surface area contributed by atoms with E-state index in [1.54, 1.807) is 24.0 Å². The first-order valence-electron chi connectivity index (χ1n) is 11.4. The highest BCUT2D eigenvalue weighted by atomic mass is 16.6. The third-order valence-electron chi connectivity index (χ3n) is 6.90. The molecule has 0 aromatic heterocycles. The largest absolute Gasteiger partial charge is 0.478 e. The first-order valence-corrected chi connectivity index (χ1v) is 11.4. The summed E-state index contributed by atoms with van der Waals surface area (Å²) in [5, 5.41) is 9.46. The Morgan fingerprint density at radius 3 is 2.15 bits per heavy atom. The summed E-state index contributed by atoms with van der Waals surface area (Å²) in [7, 11) is 0. The Morgan fingerprint density at radius 2 is 1.56 bits per heavy atom. The molecule has 0 unspecified atom stereocenters. The predicted octanol–water partition coefficient (Wildman–Crippen LogP) is 4.35. The molecule has 0 saturated carbocycles. The zero-order valence-corrected chi connectivity index (χ0v) is 19.0. The van der Waals surface area contributed by atoms with Gasteiger partial charge in [0.1, 0.15) is 6.61 Å². The van der Waals surface area contributed by atoms with Crippen molar-refractivity contribution < 1.29 is 19.4 Å². The monoisotopic (exact) mass is 457 g/mol. The molecule has 1 aliphatic heterocycles. The zero-order valence-electron chi connectivity index (χ0n) is 19.0. The molecule has 174 valence electrons. The minimum atomic E-state index is -0.997. The normalized spacial score (nSPS) is 15.1. The number of rotatable bonds is 4. The number of benzene rings is 3. The lowest BCUT2D eigenvalue weighted by molar-refractivity contribution is 0.0696. The molecule has 7 heteroatoms. The Kier molecular flexibility index (Phi) is 5.61. The molecule has 3 N–H and O–H groups in total.